The smallest absolute Gasteiger partial charge is 0.271 e. The van der Waals surface area contributed by atoms with Gasteiger partial charge < -0.3 is 4.57 Å². The number of amides is 1. The number of aromatic nitrogens is 1. The van der Waals surface area contributed by atoms with Gasteiger partial charge in [-0.2, -0.15) is 5.10 Å². The predicted octanol–water partition coefficient (Wildman–Crippen LogP) is 2.91. The number of aryl methyl sites for hydroxylation is 1. The van der Waals surface area contributed by atoms with Gasteiger partial charge in [-0.05, 0) is 42.6 Å². The molecule has 1 amide bonds. The molecule has 1 N–H and O–H groups in total. The summed E-state index contributed by atoms with van der Waals surface area (Å²) in [5.41, 5.74) is 5.04. The number of rotatable bonds is 3. The van der Waals surface area contributed by atoms with Gasteiger partial charge in [-0.25, -0.2) is 5.43 Å². The van der Waals surface area contributed by atoms with Crippen LogP contribution in [0.2, 0.25) is 0 Å². The van der Waals surface area contributed by atoms with Crippen molar-refractivity contribution in [3.05, 3.63) is 77.8 Å². The fraction of sp³-hybridized carbons (Fsp3) is 0.111. The molecule has 4 nitrogen and oxygen atoms in total. The summed E-state index contributed by atoms with van der Waals surface area (Å²) >= 11 is 0. The molecule has 4 heteroatoms. The first kappa shape index (κ1) is 14.1. The summed E-state index contributed by atoms with van der Waals surface area (Å²) in [4.78, 5) is 12.1. The summed E-state index contributed by atoms with van der Waals surface area (Å²) in [6.07, 6.45) is 0. The van der Waals surface area contributed by atoms with E-state index in [1.165, 1.54) is 0 Å². The minimum atomic E-state index is -0.212. The normalized spacial score (nSPS) is 11.6. The van der Waals surface area contributed by atoms with Crippen LogP contribution in [-0.2, 0) is 6.54 Å². The Hall–Kier alpha value is -2.88. The lowest BCUT2D eigenvalue weighted by Gasteiger charge is -2.09. The van der Waals surface area contributed by atoms with Crippen LogP contribution in [0.5, 0.6) is 0 Å². The van der Waals surface area contributed by atoms with Crippen LogP contribution in [-0.4, -0.2) is 10.5 Å². The summed E-state index contributed by atoms with van der Waals surface area (Å²) < 4.78 is 2.07. The summed E-state index contributed by atoms with van der Waals surface area (Å²) in [6, 6.07) is 21.1. The van der Waals surface area contributed by atoms with Gasteiger partial charge in [0.15, 0.2) is 5.49 Å². The molecule has 0 aliphatic heterocycles. The minimum Gasteiger partial charge on any atom is -0.325 e. The van der Waals surface area contributed by atoms with E-state index in [9.17, 15) is 4.79 Å². The Bertz CT molecular complexity index is 866. The fourth-order valence-electron chi connectivity index (χ4n) is 2.44. The van der Waals surface area contributed by atoms with Crippen molar-refractivity contribution in [2.75, 3.05) is 0 Å². The third kappa shape index (κ3) is 2.76. The molecule has 3 aromatic rings. The van der Waals surface area contributed by atoms with Crippen LogP contribution in [0.4, 0.5) is 0 Å². The molecule has 0 spiro atoms. The minimum absolute atomic E-state index is 0.212. The van der Waals surface area contributed by atoms with E-state index in [4.69, 9.17) is 0 Å². The molecule has 1 aromatic heterocycles. The number of carbonyl (C=O) groups is 1. The maximum absolute atomic E-state index is 12.1. The molecular weight excluding hydrogens is 274 g/mol. The van der Waals surface area contributed by atoms with E-state index in [-0.39, 0.29) is 5.91 Å². The second-order valence-corrected chi connectivity index (χ2v) is 4.91. The molecule has 0 radical (unpaired) electrons. The first-order valence-electron chi connectivity index (χ1n) is 7.27. The highest BCUT2D eigenvalue weighted by molar-refractivity contribution is 5.93. The maximum Gasteiger partial charge on any atom is 0.271 e. The Labute approximate surface area is 128 Å². The predicted molar refractivity (Wildman–Crippen MR) is 87.1 cm³/mol. The molecule has 0 aliphatic carbocycles. The molecule has 0 atom stereocenters. The molecule has 22 heavy (non-hydrogen) atoms. The molecule has 0 saturated heterocycles. The topological polar surface area (TPSA) is 46.4 Å². The Morgan fingerprint density at radius 3 is 2.50 bits per heavy atom. The van der Waals surface area contributed by atoms with Crippen molar-refractivity contribution >= 4 is 16.8 Å². The van der Waals surface area contributed by atoms with Crippen molar-refractivity contribution in [1.82, 2.24) is 9.99 Å². The quantitative estimate of drug-likeness (QED) is 0.741. The number of nitrogens with zero attached hydrogens (tertiary/aromatic N) is 2. The van der Waals surface area contributed by atoms with Crippen molar-refractivity contribution in [3.63, 3.8) is 0 Å². The zero-order valence-corrected chi connectivity index (χ0v) is 12.4. The van der Waals surface area contributed by atoms with Crippen LogP contribution in [0.25, 0.3) is 10.9 Å². The summed E-state index contributed by atoms with van der Waals surface area (Å²) in [5.74, 6) is -0.212. The van der Waals surface area contributed by atoms with Crippen LogP contribution in [0.1, 0.15) is 17.3 Å². The highest BCUT2D eigenvalue weighted by atomic mass is 16.2. The molecule has 0 saturated carbocycles. The van der Waals surface area contributed by atoms with Gasteiger partial charge in [0.1, 0.15) is 0 Å². The SMILES string of the molecule is CCn1c(=NNC(=O)c2ccccc2)ccc2ccccc21. The number of carbonyl (C=O) groups excluding carboxylic acids is 1. The maximum atomic E-state index is 12.1. The Morgan fingerprint density at radius 1 is 1.00 bits per heavy atom. The van der Waals surface area contributed by atoms with E-state index >= 15 is 0 Å². The van der Waals surface area contributed by atoms with Crippen LogP contribution in [0.3, 0.4) is 0 Å². The highest BCUT2D eigenvalue weighted by Crippen LogP contribution is 2.10. The van der Waals surface area contributed by atoms with E-state index < -0.39 is 0 Å². The van der Waals surface area contributed by atoms with Gasteiger partial charge in [0.2, 0.25) is 0 Å². The highest BCUT2D eigenvalue weighted by Gasteiger charge is 2.03. The number of fused-ring (bicyclic) bond motifs is 1. The van der Waals surface area contributed by atoms with Crippen molar-refractivity contribution in [2.45, 2.75) is 13.5 Å². The largest absolute Gasteiger partial charge is 0.325 e. The molecule has 2 aromatic carbocycles. The third-order valence-corrected chi connectivity index (χ3v) is 3.54. The Kier molecular flexibility index (Phi) is 4.01. The number of benzene rings is 2. The van der Waals surface area contributed by atoms with Gasteiger partial charge in [-0.3, -0.25) is 4.79 Å². The lowest BCUT2D eigenvalue weighted by atomic mass is 10.2. The average molecular weight is 291 g/mol. The first-order valence-corrected chi connectivity index (χ1v) is 7.27. The Balaban J connectivity index is 1.97. The van der Waals surface area contributed by atoms with Crippen molar-refractivity contribution < 1.29 is 4.79 Å². The van der Waals surface area contributed by atoms with Crippen molar-refractivity contribution in [1.29, 1.82) is 0 Å². The van der Waals surface area contributed by atoms with Gasteiger partial charge in [-0.1, -0.05) is 36.4 Å². The van der Waals surface area contributed by atoms with E-state index in [1.54, 1.807) is 12.1 Å². The van der Waals surface area contributed by atoms with E-state index in [0.717, 1.165) is 22.9 Å². The number of hydrogen-bond donors (Lipinski definition) is 1. The van der Waals surface area contributed by atoms with Crippen LogP contribution in [0.15, 0.2) is 71.8 Å². The standard InChI is InChI=1S/C18H17N3O/c1-2-21-16-11-7-6-8-14(16)12-13-17(21)19-20-18(22)15-9-4-3-5-10-15/h3-13H,2H2,1H3,(H,20,22). The molecule has 110 valence electrons. The van der Waals surface area contributed by atoms with Gasteiger partial charge >= 0.3 is 0 Å². The van der Waals surface area contributed by atoms with Crippen LogP contribution >= 0.6 is 0 Å². The van der Waals surface area contributed by atoms with Crippen molar-refractivity contribution in [2.24, 2.45) is 5.10 Å². The monoisotopic (exact) mass is 291 g/mol. The van der Waals surface area contributed by atoms with Crippen LogP contribution < -0.4 is 10.9 Å². The molecular formula is C18H17N3O. The zero-order chi connectivity index (χ0) is 15.4. The van der Waals surface area contributed by atoms with E-state index in [2.05, 4.69) is 34.2 Å². The van der Waals surface area contributed by atoms with Gasteiger partial charge in [0.05, 0.1) is 0 Å². The molecule has 1 heterocycles. The lowest BCUT2D eigenvalue weighted by molar-refractivity contribution is 0.0952. The number of para-hydroxylation sites is 1. The summed E-state index contributed by atoms with van der Waals surface area (Å²) in [5, 5.41) is 5.42. The molecule has 0 unspecified atom stereocenters. The van der Waals surface area contributed by atoms with Gasteiger partial charge in [0, 0.05) is 17.6 Å². The average Bonchev–Trinajstić information content (AvgIpc) is 2.59. The summed E-state index contributed by atoms with van der Waals surface area (Å²) in [6.45, 7) is 2.84. The van der Waals surface area contributed by atoms with Crippen LogP contribution in [0, 0.1) is 0 Å². The number of nitrogens with one attached hydrogen (secondary N) is 1. The first-order chi connectivity index (χ1) is 10.8. The van der Waals surface area contributed by atoms with Gasteiger partial charge in [-0.15, -0.1) is 0 Å². The lowest BCUT2D eigenvalue weighted by Crippen LogP contribution is -2.27. The molecule has 0 fully saturated rings. The Morgan fingerprint density at radius 2 is 1.73 bits per heavy atom. The second-order valence-electron chi connectivity index (χ2n) is 4.91. The number of hydrogen-bond acceptors (Lipinski definition) is 2. The zero-order valence-electron chi connectivity index (χ0n) is 12.4. The van der Waals surface area contributed by atoms with Crippen molar-refractivity contribution in [3.8, 4) is 0 Å². The molecule has 3 rings (SSSR count). The summed E-state index contributed by atoms with van der Waals surface area (Å²) in [7, 11) is 0. The van der Waals surface area contributed by atoms with Gasteiger partial charge in [0.25, 0.3) is 5.91 Å². The van der Waals surface area contributed by atoms with E-state index in [0.29, 0.717) is 5.56 Å². The molecule has 0 bridgehead atoms. The third-order valence-electron chi connectivity index (χ3n) is 3.54. The van der Waals surface area contributed by atoms with E-state index in [1.807, 2.05) is 42.5 Å². The molecule has 0 aliphatic rings. The second kappa shape index (κ2) is 6.26. The number of pyridine rings is 1. The fourth-order valence-corrected chi connectivity index (χ4v) is 2.44.